The van der Waals surface area contributed by atoms with Gasteiger partial charge < -0.3 is 24.7 Å². The summed E-state index contributed by atoms with van der Waals surface area (Å²) in [4.78, 5) is 18.2. The Hall–Kier alpha value is -2.99. The van der Waals surface area contributed by atoms with Crippen molar-refractivity contribution in [2.75, 3.05) is 33.9 Å². The Morgan fingerprint density at radius 3 is 2.67 bits per heavy atom. The lowest BCUT2D eigenvalue weighted by atomic mass is 10.1. The van der Waals surface area contributed by atoms with Gasteiger partial charge in [0, 0.05) is 30.2 Å². The second kappa shape index (κ2) is 10.7. The number of aromatic amines is 1. The molecule has 2 aromatic carbocycles. The Balaban J connectivity index is 1.75. The van der Waals surface area contributed by atoms with E-state index in [0.717, 1.165) is 30.5 Å². The molecule has 0 saturated carbocycles. The standard InChI is InChI=1S/C24H31N3O3/c1-4-12-25-16-24(28)27(17-18-9-10-22(29-2)23(14-18)30-3)13-11-19-15-26-21-8-6-5-7-20(19)21/h5-10,14-15,25-26H,4,11-13,16-17H2,1-3H3/p+1. The van der Waals surface area contributed by atoms with Crippen molar-refractivity contribution >= 4 is 16.8 Å². The second-order valence-electron chi connectivity index (χ2n) is 7.40. The molecule has 3 N–H and O–H groups in total. The molecule has 0 unspecified atom stereocenters. The summed E-state index contributed by atoms with van der Waals surface area (Å²) >= 11 is 0. The van der Waals surface area contributed by atoms with Gasteiger partial charge >= 0.3 is 0 Å². The number of methoxy groups -OCH3 is 2. The smallest absolute Gasteiger partial charge is 0.277 e. The van der Waals surface area contributed by atoms with E-state index in [4.69, 9.17) is 9.47 Å². The summed E-state index contributed by atoms with van der Waals surface area (Å²) < 4.78 is 10.8. The van der Waals surface area contributed by atoms with Crippen LogP contribution in [0.2, 0.25) is 0 Å². The SMILES string of the molecule is CCC[NH2+]CC(=O)N(CCc1c[nH]c2ccccc12)Cc1ccc(OC)c(OC)c1. The number of nitrogens with zero attached hydrogens (tertiary/aromatic N) is 1. The first-order valence-corrected chi connectivity index (χ1v) is 10.5. The number of ether oxygens (including phenoxy) is 2. The van der Waals surface area contributed by atoms with E-state index in [9.17, 15) is 4.79 Å². The van der Waals surface area contributed by atoms with Gasteiger partial charge in [-0.15, -0.1) is 0 Å². The molecule has 0 bridgehead atoms. The van der Waals surface area contributed by atoms with Crippen LogP contribution in [0.4, 0.5) is 0 Å². The molecule has 3 rings (SSSR count). The maximum absolute atomic E-state index is 13.0. The molecular formula is C24H32N3O3+. The van der Waals surface area contributed by atoms with Gasteiger partial charge in [0.2, 0.25) is 0 Å². The molecule has 0 radical (unpaired) electrons. The molecule has 0 atom stereocenters. The Labute approximate surface area is 178 Å². The van der Waals surface area contributed by atoms with Crippen LogP contribution in [0.3, 0.4) is 0 Å². The molecule has 0 fully saturated rings. The summed E-state index contributed by atoms with van der Waals surface area (Å²) in [6.45, 7) is 4.75. The molecule has 6 heteroatoms. The third-order valence-electron chi connectivity index (χ3n) is 5.31. The van der Waals surface area contributed by atoms with E-state index in [2.05, 4.69) is 29.4 Å². The van der Waals surface area contributed by atoms with E-state index in [0.29, 0.717) is 31.1 Å². The molecule has 1 aromatic heterocycles. The summed E-state index contributed by atoms with van der Waals surface area (Å²) in [5.74, 6) is 1.52. The predicted molar refractivity (Wildman–Crippen MR) is 119 cm³/mol. The normalized spacial score (nSPS) is 10.9. The molecule has 160 valence electrons. The maximum Gasteiger partial charge on any atom is 0.277 e. The number of hydrogen-bond donors (Lipinski definition) is 2. The van der Waals surface area contributed by atoms with Gasteiger partial charge in [0.1, 0.15) is 0 Å². The van der Waals surface area contributed by atoms with Crippen LogP contribution < -0.4 is 14.8 Å². The Kier molecular flexibility index (Phi) is 7.74. The number of rotatable bonds is 11. The van der Waals surface area contributed by atoms with E-state index < -0.39 is 0 Å². The molecule has 0 saturated heterocycles. The number of nitrogens with two attached hydrogens (primary N) is 1. The van der Waals surface area contributed by atoms with E-state index in [-0.39, 0.29) is 5.91 Å². The van der Waals surface area contributed by atoms with Gasteiger partial charge in [0.15, 0.2) is 18.0 Å². The number of carbonyl (C=O) groups excluding carboxylic acids is 1. The van der Waals surface area contributed by atoms with E-state index in [1.807, 2.05) is 41.4 Å². The molecule has 1 heterocycles. The number of benzene rings is 2. The highest BCUT2D eigenvalue weighted by Gasteiger charge is 2.17. The van der Waals surface area contributed by atoms with Crippen LogP contribution in [0.15, 0.2) is 48.7 Å². The summed E-state index contributed by atoms with van der Waals surface area (Å²) in [5, 5.41) is 3.30. The van der Waals surface area contributed by atoms with Crippen LogP contribution in [0.1, 0.15) is 24.5 Å². The van der Waals surface area contributed by atoms with Crippen LogP contribution >= 0.6 is 0 Å². The van der Waals surface area contributed by atoms with Gasteiger partial charge in [-0.3, -0.25) is 4.79 Å². The fourth-order valence-corrected chi connectivity index (χ4v) is 3.64. The third kappa shape index (κ3) is 5.33. The van der Waals surface area contributed by atoms with Crippen LogP contribution in [0.25, 0.3) is 10.9 Å². The minimum atomic E-state index is 0.151. The zero-order valence-corrected chi connectivity index (χ0v) is 18.1. The quantitative estimate of drug-likeness (QED) is 0.478. The van der Waals surface area contributed by atoms with Gasteiger partial charge in [-0.05, 0) is 42.2 Å². The average molecular weight is 411 g/mol. The third-order valence-corrected chi connectivity index (χ3v) is 5.31. The first-order chi connectivity index (χ1) is 14.7. The van der Waals surface area contributed by atoms with Crippen LogP contribution in [-0.2, 0) is 17.8 Å². The Bertz CT molecular complexity index is 967. The largest absolute Gasteiger partial charge is 0.493 e. The highest BCUT2D eigenvalue weighted by atomic mass is 16.5. The van der Waals surface area contributed by atoms with Gasteiger partial charge in [-0.2, -0.15) is 0 Å². The zero-order chi connectivity index (χ0) is 21.3. The fourth-order valence-electron chi connectivity index (χ4n) is 3.64. The lowest BCUT2D eigenvalue weighted by molar-refractivity contribution is -0.644. The van der Waals surface area contributed by atoms with Crippen molar-refractivity contribution in [2.24, 2.45) is 0 Å². The summed E-state index contributed by atoms with van der Waals surface area (Å²) in [6.07, 6.45) is 3.90. The number of para-hydroxylation sites is 1. The van der Waals surface area contributed by atoms with Gasteiger partial charge in [0.05, 0.1) is 20.8 Å². The van der Waals surface area contributed by atoms with Gasteiger partial charge in [0.25, 0.3) is 5.91 Å². The predicted octanol–water partition coefficient (Wildman–Crippen LogP) is 2.73. The lowest BCUT2D eigenvalue weighted by Gasteiger charge is -2.23. The van der Waals surface area contributed by atoms with Crippen LogP contribution in [0, 0.1) is 0 Å². The monoisotopic (exact) mass is 410 g/mol. The highest BCUT2D eigenvalue weighted by Crippen LogP contribution is 2.28. The van der Waals surface area contributed by atoms with Gasteiger partial charge in [-0.25, -0.2) is 0 Å². The van der Waals surface area contributed by atoms with E-state index >= 15 is 0 Å². The highest BCUT2D eigenvalue weighted by molar-refractivity contribution is 5.83. The molecule has 0 spiro atoms. The van der Waals surface area contributed by atoms with E-state index in [1.165, 1.54) is 10.9 Å². The molecule has 30 heavy (non-hydrogen) atoms. The summed E-state index contributed by atoms with van der Waals surface area (Å²) in [7, 11) is 3.25. The van der Waals surface area contributed by atoms with Crippen molar-refractivity contribution in [2.45, 2.75) is 26.3 Å². The number of H-pyrrole nitrogens is 1. The number of aromatic nitrogens is 1. The first kappa shape index (κ1) is 21.7. The molecule has 0 aliphatic carbocycles. The lowest BCUT2D eigenvalue weighted by Crippen LogP contribution is -2.86. The number of amides is 1. The van der Waals surface area contributed by atoms with Gasteiger partial charge in [-0.1, -0.05) is 31.2 Å². The zero-order valence-electron chi connectivity index (χ0n) is 18.1. The molecule has 6 nitrogen and oxygen atoms in total. The van der Waals surface area contributed by atoms with Crippen molar-refractivity contribution in [3.8, 4) is 11.5 Å². The van der Waals surface area contributed by atoms with E-state index in [1.54, 1.807) is 14.2 Å². The number of fused-ring (bicyclic) bond motifs is 1. The Morgan fingerprint density at radius 1 is 1.10 bits per heavy atom. The molecular weight excluding hydrogens is 378 g/mol. The fraction of sp³-hybridized carbons (Fsp3) is 0.375. The molecule has 3 aromatic rings. The number of carbonyl (C=O) groups is 1. The average Bonchev–Trinajstić information content (AvgIpc) is 3.19. The van der Waals surface area contributed by atoms with Crippen LogP contribution in [-0.4, -0.2) is 49.6 Å². The topological polar surface area (TPSA) is 71.2 Å². The van der Waals surface area contributed by atoms with Crippen molar-refractivity contribution in [1.82, 2.24) is 9.88 Å². The number of quaternary nitrogens is 1. The summed E-state index contributed by atoms with van der Waals surface area (Å²) in [5.41, 5.74) is 3.38. The number of nitrogens with one attached hydrogen (secondary N) is 1. The Morgan fingerprint density at radius 2 is 1.90 bits per heavy atom. The minimum absolute atomic E-state index is 0.151. The summed E-state index contributed by atoms with van der Waals surface area (Å²) in [6, 6.07) is 14.1. The van der Waals surface area contributed by atoms with Crippen molar-refractivity contribution < 1.29 is 19.6 Å². The minimum Gasteiger partial charge on any atom is -0.493 e. The van der Waals surface area contributed by atoms with Crippen molar-refractivity contribution in [3.05, 3.63) is 59.8 Å². The molecule has 1 amide bonds. The number of hydrogen-bond acceptors (Lipinski definition) is 3. The first-order valence-electron chi connectivity index (χ1n) is 10.5. The second-order valence-corrected chi connectivity index (χ2v) is 7.40. The van der Waals surface area contributed by atoms with Crippen molar-refractivity contribution in [1.29, 1.82) is 0 Å². The molecule has 0 aliphatic rings. The maximum atomic E-state index is 13.0. The molecule has 0 aliphatic heterocycles. The van der Waals surface area contributed by atoms with Crippen LogP contribution in [0.5, 0.6) is 11.5 Å². The van der Waals surface area contributed by atoms with Crippen molar-refractivity contribution in [3.63, 3.8) is 0 Å².